The van der Waals surface area contributed by atoms with E-state index in [2.05, 4.69) is 10.6 Å². The topological polar surface area (TPSA) is 41.1 Å². The van der Waals surface area contributed by atoms with Crippen LogP contribution in [0.5, 0.6) is 0 Å². The number of carbonyl (C=O) groups is 1. The van der Waals surface area contributed by atoms with Crippen LogP contribution in [0.3, 0.4) is 0 Å². The predicted octanol–water partition coefficient (Wildman–Crippen LogP) is 3.37. The van der Waals surface area contributed by atoms with Crippen molar-refractivity contribution < 1.29 is 4.79 Å². The molecule has 5 heteroatoms. The van der Waals surface area contributed by atoms with Crippen molar-refractivity contribution in [3.8, 4) is 0 Å². The van der Waals surface area contributed by atoms with E-state index >= 15 is 0 Å². The molecular formula is C15H17ClN2OS. The molecular weight excluding hydrogens is 292 g/mol. The molecule has 0 saturated carbocycles. The van der Waals surface area contributed by atoms with Gasteiger partial charge in [0, 0.05) is 15.9 Å². The van der Waals surface area contributed by atoms with Crippen LogP contribution in [-0.4, -0.2) is 12.5 Å². The predicted molar refractivity (Wildman–Crippen MR) is 84.0 cm³/mol. The first kappa shape index (κ1) is 15.0. The van der Waals surface area contributed by atoms with Gasteiger partial charge in [0.15, 0.2) is 0 Å². The van der Waals surface area contributed by atoms with Crippen LogP contribution in [0.15, 0.2) is 41.8 Å². The fourth-order valence-electron chi connectivity index (χ4n) is 1.78. The maximum Gasteiger partial charge on any atom is 0.234 e. The Kier molecular flexibility index (Phi) is 5.59. The third kappa shape index (κ3) is 4.63. The number of amides is 1. The van der Waals surface area contributed by atoms with Gasteiger partial charge in [0.2, 0.25) is 5.91 Å². The second-order valence-electron chi connectivity index (χ2n) is 4.51. The second kappa shape index (κ2) is 7.43. The fourth-order valence-corrected chi connectivity index (χ4v) is 2.55. The van der Waals surface area contributed by atoms with Crippen molar-refractivity contribution in [3.05, 3.63) is 57.2 Å². The standard InChI is InChI=1S/C15H17ClN2OS/c1-11(12-4-6-13(16)7-5-12)17-10-15(19)18-9-14-3-2-8-20-14/h2-8,11,17H,9-10H2,1H3,(H,18,19). The molecule has 0 bridgehead atoms. The van der Waals surface area contributed by atoms with Crippen molar-refractivity contribution in [2.24, 2.45) is 0 Å². The van der Waals surface area contributed by atoms with Gasteiger partial charge < -0.3 is 10.6 Å². The lowest BCUT2D eigenvalue weighted by Crippen LogP contribution is -2.34. The molecule has 0 spiro atoms. The molecule has 106 valence electrons. The number of carbonyl (C=O) groups excluding carboxylic acids is 1. The van der Waals surface area contributed by atoms with Gasteiger partial charge in [-0.3, -0.25) is 4.79 Å². The van der Waals surface area contributed by atoms with Crippen molar-refractivity contribution in [1.29, 1.82) is 0 Å². The molecule has 20 heavy (non-hydrogen) atoms. The van der Waals surface area contributed by atoms with Crippen LogP contribution in [0.25, 0.3) is 0 Å². The zero-order chi connectivity index (χ0) is 14.4. The Hall–Kier alpha value is -1.36. The first-order valence-corrected chi connectivity index (χ1v) is 7.69. The van der Waals surface area contributed by atoms with Crippen LogP contribution in [0.1, 0.15) is 23.4 Å². The van der Waals surface area contributed by atoms with Gasteiger partial charge in [-0.15, -0.1) is 11.3 Å². The maximum atomic E-state index is 11.7. The molecule has 2 rings (SSSR count). The van der Waals surface area contributed by atoms with Crippen molar-refractivity contribution in [2.75, 3.05) is 6.54 Å². The average Bonchev–Trinajstić information content (AvgIpc) is 2.96. The Morgan fingerprint density at radius 1 is 1.30 bits per heavy atom. The number of benzene rings is 1. The van der Waals surface area contributed by atoms with Crippen LogP contribution < -0.4 is 10.6 Å². The van der Waals surface area contributed by atoms with Crippen LogP contribution in [0.4, 0.5) is 0 Å². The van der Waals surface area contributed by atoms with Crippen LogP contribution >= 0.6 is 22.9 Å². The minimum absolute atomic E-state index is 0.000728. The monoisotopic (exact) mass is 308 g/mol. The minimum atomic E-state index is -0.000728. The summed E-state index contributed by atoms with van der Waals surface area (Å²) in [7, 11) is 0. The molecule has 1 heterocycles. The normalized spacial score (nSPS) is 12.1. The lowest BCUT2D eigenvalue weighted by atomic mass is 10.1. The molecule has 2 N–H and O–H groups in total. The summed E-state index contributed by atoms with van der Waals surface area (Å²) >= 11 is 7.49. The summed E-state index contributed by atoms with van der Waals surface area (Å²) in [6.45, 7) is 2.92. The van der Waals surface area contributed by atoms with E-state index in [1.165, 1.54) is 0 Å². The molecule has 1 aromatic heterocycles. The summed E-state index contributed by atoms with van der Waals surface area (Å²) in [5, 5.41) is 8.80. The summed E-state index contributed by atoms with van der Waals surface area (Å²) in [5.74, 6) is -0.000728. The van der Waals surface area contributed by atoms with Crippen LogP contribution in [0, 0.1) is 0 Å². The SMILES string of the molecule is CC(NCC(=O)NCc1cccs1)c1ccc(Cl)cc1. The molecule has 0 radical (unpaired) electrons. The first-order valence-electron chi connectivity index (χ1n) is 6.43. The van der Waals surface area contributed by atoms with Gasteiger partial charge in [0.05, 0.1) is 13.1 Å². The highest BCUT2D eigenvalue weighted by atomic mass is 35.5. The van der Waals surface area contributed by atoms with Crippen LogP contribution in [-0.2, 0) is 11.3 Å². The summed E-state index contributed by atoms with van der Waals surface area (Å²) in [6.07, 6.45) is 0. The van der Waals surface area contributed by atoms with Crippen LogP contribution in [0.2, 0.25) is 5.02 Å². The summed E-state index contributed by atoms with van der Waals surface area (Å²) in [5.41, 5.74) is 1.11. The van der Waals surface area contributed by atoms with Gasteiger partial charge in [-0.25, -0.2) is 0 Å². The third-order valence-electron chi connectivity index (χ3n) is 2.98. The highest BCUT2D eigenvalue weighted by Gasteiger charge is 2.07. The lowest BCUT2D eigenvalue weighted by Gasteiger charge is -2.14. The van der Waals surface area contributed by atoms with Crippen molar-refractivity contribution in [1.82, 2.24) is 10.6 Å². The molecule has 1 atom stereocenters. The molecule has 0 fully saturated rings. The fraction of sp³-hybridized carbons (Fsp3) is 0.267. The van der Waals surface area contributed by atoms with E-state index in [1.807, 2.05) is 48.7 Å². The van der Waals surface area contributed by atoms with Gasteiger partial charge in [0.25, 0.3) is 0 Å². The summed E-state index contributed by atoms with van der Waals surface area (Å²) < 4.78 is 0. The van der Waals surface area contributed by atoms with E-state index in [4.69, 9.17) is 11.6 Å². The van der Waals surface area contributed by atoms with E-state index in [1.54, 1.807) is 11.3 Å². The Balaban J connectivity index is 1.73. The number of nitrogens with one attached hydrogen (secondary N) is 2. The van der Waals surface area contributed by atoms with Crippen molar-refractivity contribution in [3.63, 3.8) is 0 Å². The van der Waals surface area contributed by atoms with Gasteiger partial charge in [0.1, 0.15) is 0 Å². The van der Waals surface area contributed by atoms with Gasteiger partial charge in [-0.05, 0) is 36.1 Å². The summed E-state index contributed by atoms with van der Waals surface area (Å²) in [6, 6.07) is 11.7. The van der Waals surface area contributed by atoms with E-state index in [9.17, 15) is 4.79 Å². The molecule has 1 amide bonds. The molecule has 0 aliphatic carbocycles. The van der Waals surface area contributed by atoms with E-state index in [-0.39, 0.29) is 11.9 Å². The van der Waals surface area contributed by atoms with Gasteiger partial charge in [-0.2, -0.15) is 0 Å². The molecule has 0 aliphatic rings. The average molecular weight is 309 g/mol. The van der Waals surface area contributed by atoms with Gasteiger partial charge in [-0.1, -0.05) is 29.8 Å². The number of hydrogen-bond donors (Lipinski definition) is 2. The largest absolute Gasteiger partial charge is 0.350 e. The van der Waals surface area contributed by atoms with E-state index in [0.717, 1.165) is 15.5 Å². The quantitative estimate of drug-likeness (QED) is 0.859. The first-order chi connectivity index (χ1) is 9.65. The summed E-state index contributed by atoms with van der Waals surface area (Å²) in [4.78, 5) is 12.9. The zero-order valence-corrected chi connectivity index (χ0v) is 12.8. The minimum Gasteiger partial charge on any atom is -0.350 e. The van der Waals surface area contributed by atoms with E-state index in [0.29, 0.717) is 13.1 Å². The highest BCUT2D eigenvalue weighted by molar-refractivity contribution is 7.09. The number of hydrogen-bond acceptors (Lipinski definition) is 3. The zero-order valence-electron chi connectivity index (χ0n) is 11.2. The van der Waals surface area contributed by atoms with Crippen molar-refractivity contribution in [2.45, 2.75) is 19.5 Å². The Labute approximate surface area is 128 Å². The van der Waals surface area contributed by atoms with Gasteiger partial charge >= 0.3 is 0 Å². The van der Waals surface area contributed by atoms with E-state index < -0.39 is 0 Å². The maximum absolute atomic E-state index is 11.7. The number of halogens is 1. The Bertz CT molecular complexity index is 540. The smallest absolute Gasteiger partial charge is 0.234 e. The molecule has 3 nitrogen and oxygen atoms in total. The van der Waals surface area contributed by atoms with Crippen molar-refractivity contribution >= 4 is 28.8 Å². The Morgan fingerprint density at radius 3 is 2.70 bits per heavy atom. The molecule has 0 saturated heterocycles. The second-order valence-corrected chi connectivity index (χ2v) is 5.98. The third-order valence-corrected chi connectivity index (χ3v) is 4.11. The lowest BCUT2D eigenvalue weighted by molar-refractivity contribution is -0.120. The highest BCUT2D eigenvalue weighted by Crippen LogP contribution is 2.15. The molecule has 2 aromatic rings. The Morgan fingerprint density at radius 2 is 2.05 bits per heavy atom. The molecule has 0 aliphatic heterocycles. The molecule has 1 unspecified atom stereocenters. The molecule has 1 aromatic carbocycles. The number of rotatable bonds is 6. The number of thiophene rings is 1.